The largest absolute Gasteiger partial charge is 0.351 e. The molecule has 8 heteroatoms. The summed E-state index contributed by atoms with van der Waals surface area (Å²) in [5.41, 5.74) is 1.08. The molecule has 0 unspecified atom stereocenters. The summed E-state index contributed by atoms with van der Waals surface area (Å²) in [6.07, 6.45) is 0.386. The van der Waals surface area contributed by atoms with Crippen LogP contribution in [0, 0.1) is 0 Å². The van der Waals surface area contributed by atoms with Crippen molar-refractivity contribution < 1.29 is 9.32 Å². The van der Waals surface area contributed by atoms with E-state index in [1.807, 2.05) is 12.1 Å². The van der Waals surface area contributed by atoms with E-state index in [2.05, 4.69) is 15.5 Å². The third-order valence-electron chi connectivity index (χ3n) is 3.35. The molecule has 0 saturated carbocycles. The van der Waals surface area contributed by atoms with Gasteiger partial charge in [0.05, 0.1) is 10.6 Å². The molecule has 1 amide bonds. The lowest BCUT2D eigenvalue weighted by atomic mass is 10.2. The second-order valence-corrected chi connectivity index (χ2v) is 6.43. The van der Waals surface area contributed by atoms with E-state index < -0.39 is 0 Å². The first-order chi connectivity index (χ1) is 12.0. The van der Waals surface area contributed by atoms with E-state index in [9.17, 15) is 4.79 Å². The van der Waals surface area contributed by atoms with Gasteiger partial charge in [-0.15, -0.1) is 0 Å². The van der Waals surface area contributed by atoms with Gasteiger partial charge in [0.25, 0.3) is 5.91 Å². The van der Waals surface area contributed by atoms with Crippen molar-refractivity contribution in [1.82, 2.24) is 15.5 Å². The number of rotatable bonds is 5. The van der Waals surface area contributed by atoms with E-state index in [1.165, 1.54) is 6.07 Å². The molecule has 0 bridgehead atoms. The quantitative estimate of drug-likeness (QED) is 0.680. The zero-order valence-corrected chi connectivity index (χ0v) is 15.1. The van der Waals surface area contributed by atoms with Crippen molar-refractivity contribution in [3.8, 4) is 11.4 Å². The molecule has 3 aromatic rings. The summed E-state index contributed by atoms with van der Waals surface area (Å²) >= 11 is 17.8. The molecule has 0 fully saturated rings. The van der Waals surface area contributed by atoms with Crippen LogP contribution in [0.3, 0.4) is 0 Å². The van der Waals surface area contributed by atoms with Crippen LogP contribution in [0.15, 0.2) is 47.0 Å². The highest BCUT2D eigenvalue weighted by Crippen LogP contribution is 2.21. The Balaban J connectivity index is 1.59. The van der Waals surface area contributed by atoms with Gasteiger partial charge in [-0.25, -0.2) is 0 Å². The Hall–Kier alpha value is -2.08. The Labute approximate surface area is 158 Å². The Kier molecular flexibility index (Phi) is 5.58. The van der Waals surface area contributed by atoms with E-state index in [1.54, 1.807) is 24.3 Å². The van der Waals surface area contributed by atoms with Crippen molar-refractivity contribution in [2.24, 2.45) is 0 Å². The first-order valence-corrected chi connectivity index (χ1v) is 8.48. The predicted octanol–water partition coefficient (Wildman–Crippen LogP) is 4.67. The minimum absolute atomic E-state index is 0.318. The molecule has 0 radical (unpaired) electrons. The molecule has 1 aromatic heterocycles. The Bertz CT molecular complexity index is 912. The molecule has 25 heavy (non-hydrogen) atoms. The molecule has 0 spiro atoms. The van der Waals surface area contributed by atoms with Crippen LogP contribution >= 0.6 is 34.8 Å². The topological polar surface area (TPSA) is 68.0 Å². The van der Waals surface area contributed by atoms with Crippen molar-refractivity contribution >= 4 is 40.7 Å². The van der Waals surface area contributed by atoms with Crippen LogP contribution in [0.1, 0.15) is 16.2 Å². The Morgan fingerprint density at radius 1 is 1.08 bits per heavy atom. The van der Waals surface area contributed by atoms with E-state index in [0.717, 1.165) is 5.56 Å². The molecule has 1 N–H and O–H groups in total. The highest BCUT2D eigenvalue weighted by molar-refractivity contribution is 6.35. The van der Waals surface area contributed by atoms with Gasteiger partial charge in [0.1, 0.15) is 0 Å². The number of nitrogens with zero attached hydrogens (tertiary/aromatic N) is 2. The molecular formula is C17H12Cl3N3O2. The fraction of sp³-hybridized carbons (Fsp3) is 0.118. The number of aromatic nitrogens is 2. The lowest BCUT2D eigenvalue weighted by Gasteiger charge is -2.05. The van der Waals surface area contributed by atoms with Crippen LogP contribution in [0.2, 0.25) is 15.1 Å². The van der Waals surface area contributed by atoms with Crippen LogP contribution in [-0.2, 0) is 6.42 Å². The minimum Gasteiger partial charge on any atom is -0.351 e. The van der Waals surface area contributed by atoms with Crippen molar-refractivity contribution in [3.05, 3.63) is 69.0 Å². The van der Waals surface area contributed by atoms with Crippen LogP contribution in [0.5, 0.6) is 0 Å². The molecule has 2 aromatic carbocycles. The maximum absolute atomic E-state index is 12.1. The van der Waals surface area contributed by atoms with Crippen molar-refractivity contribution in [2.75, 3.05) is 6.54 Å². The Morgan fingerprint density at radius 3 is 2.68 bits per heavy atom. The lowest BCUT2D eigenvalue weighted by molar-refractivity contribution is 0.0953. The van der Waals surface area contributed by atoms with Gasteiger partial charge in [-0.2, -0.15) is 4.98 Å². The van der Waals surface area contributed by atoms with Gasteiger partial charge in [-0.05, 0) is 30.3 Å². The lowest BCUT2D eigenvalue weighted by Crippen LogP contribution is -2.26. The second kappa shape index (κ2) is 7.87. The average Bonchev–Trinajstić information content (AvgIpc) is 3.06. The summed E-state index contributed by atoms with van der Waals surface area (Å²) in [7, 11) is 0. The zero-order chi connectivity index (χ0) is 17.8. The van der Waals surface area contributed by atoms with Crippen LogP contribution < -0.4 is 5.32 Å². The molecular weight excluding hydrogens is 385 g/mol. The van der Waals surface area contributed by atoms with E-state index in [-0.39, 0.29) is 5.91 Å². The normalized spacial score (nSPS) is 10.7. The van der Waals surface area contributed by atoms with E-state index >= 15 is 0 Å². The second-order valence-electron chi connectivity index (χ2n) is 5.15. The number of nitrogens with one attached hydrogen (secondary N) is 1. The molecule has 0 atom stereocenters. The van der Waals surface area contributed by atoms with Crippen LogP contribution in [-0.4, -0.2) is 22.6 Å². The number of carbonyl (C=O) groups excluding carboxylic acids is 1. The fourth-order valence-corrected chi connectivity index (χ4v) is 2.72. The summed E-state index contributed by atoms with van der Waals surface area (Å²) in [6, 6.07) is 11.9. The van der Waals surface area contributed by atoms with Crippen molar-refractivity contribution in [1.29, 1.82) is 0 Å². The summed E-state index contributed by atoms with van der Waals surface area (Å²) in [5.74, 6) is 0.538. The third kappa shape index (κ3) is 4.51. The summed E-state index contributed by atoms with van der Waals surface area (Å²) < 4.78 is 5.19. The summed E-state index contributed by atoms with van der Waals surface area (Å²) in [4.78, 5) is 16.4. The molecule has 0 aliphatic heterocycles. The monoisotopic (exact) mass is 395 g/mol. The van der Waals surface area contributed by atoms with Crippen LogP contribution in [0.4, 0.5) is 0 Å². The van der Waals surface area contributed by atoms with E-state index in [0.29, 0.717) is 45.3 Å². The number of hydrogen-bond acceptors (Lipinski definition) is 4. The number of amides is 1. The van der Waals surface area contributed by atoms with Crippen molar-refractivity contribution in [2.45, 2.75) is 6.42 Å². The number of halogens is 3. The first-order valence-electron chi connectivity index (χ1n) is 7.35. The van der Waals surface area contributed by atoms with Gasteiger partial charge in [0.2, 0.25) is 11.7 Å². The maximum atomic E-state index is 12.1. The van der Waals surface area contributed by atoms with Gasteiger partial charge >= 0.3 is 0 Å². The molecule has 0 aliphatic carbocycles. The molecule has 128 valence electrons. The third-order valence-corrected chi connectivity index (χ3v) is 4.15. The summed E-state index contributed by atoms with van der Waals surface area (Å²) in [5, 5.41) is 8.03. The van der Waals surface area contributed by atoms with E-state index in [4.69, 9.17) is 39.3 Å². The molecule has 0 saturated heterocycles. The maximum Gasteiger partial charge on any atom is 0.252 e. The minimum atomic E-state index is -0.318. The van der Waals surface area contributed by atoms with Gasteiger partial charge in [0.15, 0.2) is 0 Å². The fourth-order valence-electron chi connectivity index (χ4n) is 2.15. The highest BCUT2D eigenvalue weighted by atomic mass is 35.5. The summed E-state index contributed by atoms with van der Waals surface area (Å²) in [6.45, 7) is 0.318. The molecule has 3 rings (SSSR count). The average molecular weight is 397 g/mol. The van der Waals surface area contributed by atoms with Crippen molar-refractivity contribution in [3.63, 3.8) is 0 Å². The standard InChI is InChI=1S/C17H12Cl3N3O2/c18-11-3-1-2-10(8-11)16-22-15(25-23-16)6-7-21-17(24)13-9-12(19)4-5-14(13)20/h1-5,8-9H,6-7H2,(H,21,24). The highest BCUT2D eigenvalue weighted by Gasteiger charge is 2.12. The first kappa shape index (κ1) is 17.7. The molecule has 1 heterocycles. The van der Waals surface area contributed by atoms with Gasteiger partial charge < -0.3 is 9.84 Å². The van der Waals surface area contributed by atoms with Gasteiger partial charge in [-0.3, -0.25) is 4.79 Å². The number of carbonyl (C=O) groups is 1. The molecule has 0 aliphatic rings. The van der Waals surface area contributed by atoms with Gasteiger partial charge in [-0.1, -0.05) is 52.1 Å². The zero-order valence-electron chi connectivity index (χ0n) is 12.8. The number of hydrogen-bond donors (Lipinski definition) is 1. The molecule has 5 nitrogen and oxygen atoms in total. The smallest absolute Gasteiger partial charge is 0.252 e. The number of benzene rings is 2. The predicted molar refractivity (Wildman–Crippen MR) is 97.2 cm³/mol. The SMILES string of the molecule is O=C(NCCc1nc(-c2cccc(Cl)c2)no1)c1cc(Cl)ccc1Cl. The van der Waals surface area contributed by atoms with Gasteiger partial charge in [0, 0.05) is 28.6 Å². The Morgan fingerprint density at radius 2 is 1.88 bits per heavy atom. The van der Waals surface area contributed by atoms with Crippen LogP contribution in [0.25, 0.3) is 11.4 Å².